The zero-order valence-electron chi connectivity index (χ0n) is 13.0. The molecular weight excluding hydrogens is 300 g/mol. The molecule has 0 spiro atoms. The Bertz CT molecular complexity index is 1080. The molecule has 0 radical (unpaired) electrons. The molecule has 0 aliphatic carbocycles. The van der Waals surface area contributed by atoms with Gasteiger partial charge in [0.1, 0.15) is 11.8 Å². The molecule has 0 atom stereocenters. The smallest absolute Gasteiger partial charge is 0.115 e. The van der Waals surface area contributed by atoms with E-state index in [0.717, 1.165) is 28.0 Å². The molecule has 2 aromatic heterocycles. The van der Waals surface area contributed by atoms with Crippen molar-refractivity contribution in [2.45, 2.75) is 0 Å². The normalized spacial score (nSPS) is 10.8. The first-order valence-corrected chi connectivity index (χ1v) is 7.52. The number of fused-ring (bicyclic) bond motifs is 1. The van der Waals surface area contributed by atoms with E-state index in [9.17, 15) is 10.4 Å². The molecule has 2 aromatic carbocycles. The van der Waals surface area contributed by atoms with Gasteiger partial charge in [-0.25, -0.2) is 0 Å². The largest absolute Gasteiger partial charge is 0.508 e. The number of phenolic OH excluding ortho intramolecular Hbond substituents is 1. The van der Waals surface area contributed by atoms with E-state index in [1.807, 2.05) is 54.1 Å². The van der Waals surface area contributed by atoms with Crippen LogP contribution in [0.2, 0.25) is 0 Å². The molecule has 1 N–H and O–H groups in total. The maximum absolute atomic E-state index is 9.78. The van der Waals surface area contributed by atoms with Crippen molar-refractivity contribution < 1.29 is 5.11 Å². The number of aryl methyl sites for hydroxylation is 1. The fourth-order valence-corrected chi connectivity index (χ4v) is 3.07. The maximum Gasteiger partial charge on any atom is 0.115 e. The Balaban J connectivity index is 2.17. The lowest BCUT2D eigenvalue weighted by Crippen LogP contribution is -2.02. The molecule has 0 aliphatic heterocycles. The van der Waals surface area contributed by atoms with Crippen LogP contribution in [-0.2, 0) is 7.05 Å². The quantitative estimate of drug-likeness (QED) is 0.614. The second-order valence-electron chi connectivity index (χ2n) is 5.54. The molecule has 0 saturated heterocycles. The molecule has 0 unspecified atom stereocenters. The Morgan fingerprint density at radius 2 is 1.79 bits per heavy atom. The number of nitriles is 1. The van der Waals surface area contributed by atoms with Crippen LogP contribution in [0, 0.1) is 11.3 Å². The van der Waals surface area contributed by atoms with Crippen molar-refractivity contribution in [3.63, 3.8) is 0 Å². The van der Waals surface area contributed by atoms with E-state index in [-0.39, 0.29) is 5.75 Å². The van der Waals surface area contributed by atoms with Crippen LogP contribution >= 0.6 is 0 Å². The van der Waals surface area contributed by atoms with Crippen molar-refractivity contribution in [2.75, 3.05) is 0 Å². The van der Waals surface area contributed by atoms with Gasteiger partial charge in [0.2, 0.25) is 0 Å². The van der Waals surface area contributed by atoms with Gasteiger partial charge < -0.3 is 9.67 Å². The van der Waals surface area contributed by atoms with Crippen molar-refractivity contribution in [3.8, 4) is 28.9 Å². The van der Waals surface area contributed by atoms with Crippen LogP contribution in [0.3, 0.4) is 0 Å². The summed E-state index contributed by atoms with van der Waals surface area (Å²) >= 11 is 0. The van der Waals surface area contributed by atoms with Crippen LogP contribution in [0.25, 0.3) is 28.0 Å². The van der Waals surface area contributed by atoms with Gasteiger partial charge in [0, 0.05) is 24.3 Å². The number of aromatic nitrogens is 3. The molecule has 5 heteroatoms. The summed E-state index contributed by atoms with van der Waals surface area (Å²) in [5.74, 6) is 0.206. The summed E-state index contributed by atoms with van der Waals surface area (Å²) in [5, 5.41) is 24.5. The van der Waals surface area contributed by atoms with E-state index >= 15 is 0 Å². The highest BCUT2D eigenvalue weighted by atomic mass is 16.3. The zero-order chi connectivity index (χ0) is 16.7. The summed E-state index contributed by atoms with van der Waals surface area (Å²) in [5.41, 5.74) is 4.08. The van der Waals surface area contributed by atoms with E-state index in [0.29, 0.717) is 5.56 Å². The van der Waals surface area contributed by atoms with Gasteiger partial charge in [-0.15, -0.1) is 0 Å². The molecule has 24 heavy (non-hydrogen) atoms. The fourth-order valence-electron chi connectivity index (χ4n) is 3.07. The van der Waals surface area contributed by atoms with Crippen LogP contribution in [0.1, 0.15) is 5.56 Å². The Kier molecular flexibility index (Phi) is 3.10. The van der Waals surface area contributed by atoms with Crippen molar-refractivity contribution in [3.05, 3.63) is 66.4 Å². The van der Waals surface area contributed by atoms with Crippen LogP contribution in [0.4, 0.5) is 0 Å². The van der Waals surface area contributed by atoms with Gasteiger partial charge in [-0.2, -0.15) is 10.4 Å². The molecule has 0 amide bonds. The lowest BCUT2D eigenvalue weighted by Gasteiger charge is -2.11. The minimum Gasteiger partial charge on any atom is -0.508 e. The minimum absolute atomic E-state index is 0.206. The third kappa shape index (κ3) is 1.97. The van der Waals surface area contributed by atoms with Gasteiger partial charge in [-0.1, -0.05) is 18.2 Å². The Hall–Kier alpha value is -3.52. The number of hydrogen-bond donors (Lipinski definition) is 1. The molecule has 2 heterocycles. The highest BCUT2D eigenvalue weighted by Crippen LogP contribution is 2.35. The number of aromatic hydroxyl groups is 1. The second-order valence-corrected chi connectivity index (χ2v) is 5.54. The lowest BCUT2D eigenvalue weighted by molar-refractivity contribution is 0.475. The topological polar surface area (TPSA) is 66.8 Å². The number of rotatable bonds is 2. The van der Waals surface area contributed by atoms with Crippen molar-refractivity contribution in [1.82, 2.24) is 14.3 Å². The van der Waals surface area contributed by atoms with Crippen LogP contribution in [0.15, 0.2) is 60.8 Å². The second kappa shape index (κ2) is 5.28. The standard InChI is InChI=1S/C19H14N4O/c1-22-18(10-11-21-22)19-16(12-20)15-4-2-3-5-17(15)23(19)13-6-8-14(24)9-7-13/h2-11,24H,1H3. The monoisotopic (exact) mass is 314 g/mol. The fraction of sp³-hybridized carbons (Fsp3) is 0.0526. The van der Waals surface area contributed by atoms with E-state index in [1.165, 1.54) is 0 Å². The lowest BCUT2D eigenvalue weighted by atomic mass is 10.1. The number of benzene rings is 2. The van der Waals surface area contributed by atoms with Gasteiger partial charge in [0.05, 0.1) is 22.5 Å². The minimum atomic E-state index is 0.206. The summed E-state index contributed by atoms with van der Waals surface area (Å²) < 4.78 is 3.79. The molecule has 0 saturated carbocycles. The Morgan fingerprint density at radius 1 is 1.04 bits per heavy atom. The number of hydrogen-bond acceptors (Lipinski definition) is 3. The van der Waals surface area contributed by atoms with E-state index in [1.54, 1.807) is 23.0 Å². The number of para-hydroxylation sites is 1. The molecule has 4 aromatic rings. The summed E-state index contributed by atoms with van der Waals surface area (Å²) in [7, 11) is 1.86. The molecular formula is C19H14N4O. The molecule has 0 bridgehead atoms. The Labute approximate surface area is 138 Å². The van der Waals surface area contributed by atoms with Gasteiger partial charge in [0.25, 0.3) is 0 Å². The van der Waals surface area contributed by atoms with Crippen molar-refractivity contribution in [1.29, 1.82) is 5.26 Å². The molecule has 4 rings (SSSR count). The predicted molar refractivity (Wildman–Crippen MR) is 91.9 cm³/mol. The summed E-state index contributed by atoms with van der Waals surface area (Å²) in [6.45, 7) is 0. The molecule has 116 valence electrons. The summed E-state index contributed by atoms with van der Waals surface area (Å²) in [4.78, 5) is 0. The van der Waals surface area contributed by atoms with Gasteiger partial charge >= 0.3 is 0 Å². The third-order valence-corrected chi connectivity index (χ3v) is 4.16. The Morgan fingerprint density at radius 3 is 2.46 bits per heavy atom. The average Bonchev–Trinajstić information content (AvgIpc) is 3.16. The SMILES string of the molecule is Cn1nccc1-c1c(C#N)c2ccccc2n1-c1ccc(O)cc1. The van der Waals surface area contributed by atoms with E-state index in [2.05, 4.69) is 11.2 Å². The third-order valence-electron chi connectivity index (χ3n) is 4.16. The highest BCUT2D eigenvalue weighted by Gasteiger charge is 2.21. The average molecular weight is 314 g/mol. The van der Waals surface area contributed by atoms with E-state index in [4.69, 9.17) is 0 Å². The molecule has 0 aliphatic rings. The number of phenols is 1. The predicted octanol–water partition coefficient (Wildman–Crippen LogP) is 3.61. The van der Waals surface area contributed by atoms with Crippen LogP contribution in [-0.4, -0.2) is 19.5 Å². The van der Waals surface area contributed by atoms with Gasteiger partial charge in [-0.05, 0) is 36.4 Å². The zero-order valence-corrected chi connectivity index (χ0v) is 13.0. The maximum atomic E-state index is 9.78. The number of nitrogens with zero attached hydrogens (tertiary/aromatic N) is 4. The summed E-state index contributed by atoms with van der Waals surface area (Å²) in [6.07, 6.45) is 1.72. The first-order valence-electron chi connectivity index (χ1n) is 7.52. The van der Waals surface area contributed by atoms with Crippen LogP contribution < -0.4 is 0 Å². The van der Waals surface area contributed by atoms with Gasteiger partial charge in [-0.3, -0.25) is 4.68 Å². The summed E-state index contributed by atoms with van der Waals surface area (Å²) in [6, 6.07) is 19.0. The van der Waals surface area contributed by atoms with Crippen molar-refractivity contribution >= 4 is 10.9 Å². The van der Waals surface area contributed by atoms with Gasteiger partial charge in [0.15, 0.2) is 0 Å². The molecule has 5 nitrogen and oxygen atoms in total. The van der Waals surface area contributed by atoms with Crippen molar-refractivity contribution in [2.24, 2.45) is 7.05 Å². The van der Waals surface area contributed by atoms with E-state index < -0.39 is 0 Å². The first-order chi connectivity index (χ1) is 11.7. The highest BCUT2D eigenvalue weighted by molar-refractivity contribution is 5.95. The molecule has 0 fully saturated rings. The first kappa shape index (κ1) is 14.1. The van der Waals surface area contributed by atoms with Crippen LogP contribution in [0.5, 0.6) is 5.75 Å².